The average Bonchev–Trinajstić information content (AvgIpc) is 2.48. The lowest BCUT2D eigenvalue weighted by molar-refractivity contribution is 0.414. The molecule has 0 fully saturated rings. The third-order valence-corrected chi connectivity index (χ3v) is 3.35. The highest BCUT2D eigenvalue weighted by atomic mass is 35.5. The lowest BCUT2D eigenvalue weighted by Gasteiger charge is -2.09. The van der Waals surface area contributed by atoms with E-state index >= 15 is 0 Å². The van der Waals surface area contributed by atoms with Gasteiger partial charge in [-0.25, -0.2) is 0 Å². The van der Waals surface area contributed by atoms with Crippen LogP contribution in [-0.2, 0) is 6.42 Å². The number of halogens is 1. The molecular formula is C16H18ClNO2. The van der Waals surface area contributed by atoms with Crippen LogP contribution in [-0.4, -0.2) is 20.8 Å². The lowest BCUT2D eigenvalue weighted by Crippen LogP contribution is -2.04. The molecule has 0 radical (unpaired) electrons. The van der Waals surface area contributed by atoms with E-state index in [2.05, 4.69) is 17.4 Å². The normalized spacial score (nSPS) is 10.2. The first-order chi connectivity index (χ1) is 9.72. The van der Waals surface area contributed by atoms with Crippen LogP contribution in [0.2, 0.25) is 5.02 Å². The molecule has 0 bridgehead atoms. The van der Waals surface area contributed by atoms with Crippen LogP contribution < -0.4 is 14.8 Å². The smallest absolute Gasteiger partial charge is 0.137 e. The fraction of sp³-hybridized carbons (Fsp3) is 0.250. The summed E-state index contributed by atoms with van der Waals surface area (Å²) in [5, 5.41) is 3.96. The third kappa shape index (κ3) is 3.81. The molecular weight excluding hydrogens is 274 g/mol. The maximum Gasteiger partial charge on any atom is 0.137 e. The van der Waals surface area contributed by atoms with Gasteiger partial charge in [0.1, 0.15) is 11.5 Å². The van der Waals surface area contributed by atoms with Gasteiger partial charge in [0.15, 0.2) is 0 Å². The third-order valence-electron chi connectivity index (χ3n) is 3.05. The molecule has 106 valence electrons. The molecule has 0 aliphatic carbocycles. The number of ether oxygens (including phenoxy) is 2. The molecule has 20 heavy (non-hydrogen) atoms. The molecule has 2 aromatic rings. The van der Waals surface area contributed by atoms with Crippen molar-refractivity contribution in [2.75, 3.05) is 26.1 Å². The summed E-state index contributed by atoms with van der Waals surface area (Å²) in [6, 6.07) is 13.8. The molecule has 0 aliphatic rings. The van der Waals surface area contributed by atoms with Crippen LogP contribution in [0.3, 0.4) is 0 Å². The molecule has 1 N–H and O–H groups in total. The SMILES string of the molecule is COc1ccc(CCNc2ccc(OC)c(Cl)c2)cc1. The Morgan fingerprint density at radius 3 is 2.35 bits per heavy atom. The molecule has 0 saturated carbocycles. The first-order valence-corrected chi connectivity index (χ1v) is 6.81. The van der Waals surface area contributed by atoms with E-state index < -0.39 is 0 Å². The van der Waals surface area contributed by atoms with Gasteiger partial charge in [-0.3, -0.25) is 0 Å². The van der Waals surface area contributed by atoms with Gasteiger partial charge in [0.2, 0.25) is 0 Å². The molecule has 0 spiro atoms. The van der Waals surface area contributed by atoms with Crippen molar-refractivity contribution in [3.05, 3.63) is 53.1 Å². The summed E-state index contributed by atoms with van der Waals surface area (Å²) in [4.78, 5) is 0. The summed E-state index contributed by atoms with van der Waals surface area (Å²) in [6.45, 7) is 0.842. The van der Waals surface area contributed by atoms with Crippen molar-refractivity contribution >= 4 is 17.3 Å². The first-order valence-electron chi connectivity index (χ1n) is 6.43. The van der Waals surface area contributed by atoms with E-state index in [1.165, 1.54) is 5.56 Å². The zero-order valence-corrected chi connectivity index (χ0v) is 12.4. The van der Waals surface area contributed by atoms with Gasteiger partial charge >= 0.3 is 0 Å². The Hall–Kier alpha value is -1.87. The molecule has 2 aromatic carbocycles. The van der Waals surface area contributed by atoms with E-state index in [9.17, 15) is 0 Å². The number of benzene rings is 2. The summed E-state index contributed by atoms with van der Waals surface area (Å²) in [6.07, 6.45) is 0.938. The summed E-state index contributed by atoms with van der Waals surface area (Å²) < 4.78 is 10.3. The predicted molar refractivity (Wildman–Crippen MR) is 83.2 cm³/mol. The van der Waals surface area contributed by atoms with Crippen molar-refractivity contribution in [2.45, 2.75) is 6.42 Å². The van der Waals surface area contributed by atoms with E-state index in [0.717, 1.165) is 24.4 Å². The van der Waals surface area contributed by atoms with Gasteiger partial charge in [0.25, 0.3) is 0 Å². The largest absolute Gasteiger partial charge is 0.497 e. The molecule has 0 unspecified atom stereocenters. The fourth-order valence-corrected chi connectivity index (χ4v) is 2.18. The average molecular weight is 292 g/mol. The van der Waals surface area contributed by atoms with Crippen molar-refractivity contribution in [1.29, 1.82) is 0 Å². The number of anilines is 1. The number of hydrogen-bond acceptors (Lipinski definition) is 3. The highest BCUT2D eigenvalue weighted by molar-refractivity contribution is 6.32. The summed E-state index contributed by atoms with van der Waals surface area (Å²) in [5.41, 5.74) is 2.25. The van der Waals surface area contributed by atoms with Crippen molar-refractivity contribution < 1.29 is 9.47 Å². The Bertz CT molecular complexity index is 555. The zero-order chi connectivity index (χ0) is 14.4. The number of rotatable bonds is 6. The van der Waals surface area contributed by atoms with E-state index in [0.29, 0.717) is 10.8 Å². The molecule has 3 nitrogen and oxygen atoms in total. The number of methoxy groups -OCH3 is 2. The van der Waals surface area contributed by atoms with E-state index in [4.69, 9.17) is 21.1 Å². The molecule has 0 aliphatic heterocycles. The van der Waals surface area contributed by atoms with Crippen LogP contribution in [0.15, 0.2) is 42.5 Å². The van der Waals surface area contributed by atoms with Gasteiger partial charge in [-0.15, -0.1) is 0 Å². The number of nitrogens with one attached hydrogen (secondary N) is 1. The zero-order valence-electron chi connectivity index (χ0n) is 11.7. The highest BCUT2D eigenvalue weighted by Crippen LogP contribution is 2.27. The molecule has 0 heterocycles. The van der Waals surface area contributed by atoms with Crippen molar-refractivity contribution in [3.63, 3.8) is 0 Å². The minimum Gasteiger partial charge on any atom is -0.497 e. The van der Waals surface area contributed by atoms with Crippen LogP contribution in [0.1, 0.15) is 5.56 Å². The number of hydrogen-bond donors (Lipinski definition) is 1. The van der Waals surface area contributed by atoms with E-state index in [1.807, 2.05) is 30.3 Å². The van der Waals surface area contributed by atoms with Crippen LogP contribution in [0.4, 0.5) is 5.69 Å². The second kappa shape index (κ2) is 7.06. The standard InChI is InChI=1S/C16H18ClNO2/c1-19-14-6-3-12(4-7-14)9-10-18-13-5-8-16(20-2)15(17)11-13/h3-8,11,18H,9-10H2,1-2H3. The Balaban J connectivity index is 1.87. The fourth-order valence-electron chi connectivity index (χ4n) is 1.92. The molecule has 0 aromatic heterocycles. The van der Waals surface area contributed by atoms with Gasteiger partial charge in [0.05, 0.1) is 19.2 Å². The Kier molecular flexibility index (Phi) is 5.13. The second-order valence-electron chi connectivity index (χ2n) is 4.37. The molecule has 0 saturated heterocycles. The summed E-state index contributed by atoms with van der Waals surface area (Å²) >= 11 is 6.08. The van der Waals surface area contributed by atoms with Gasteiger partial charge < -0.3 is 14.8 Å². The maximum absolute atomic E-state index is 6.08. The Labute approximate surface area is 124 Å². The molecule has 2 rings (SSSR count). The van der Waals surface area contributed by atoms with Gasteiger partial charge in [-0.05, 0) is 42.3 Å². The van der Waals surface area contributed by atoms with Crippen LogP contribution in [0.25, 0.3) is 0 Å². The maximum atomic E-state index is 6.08. The molecule has 0 atom stereocenters. The topological polar surface area (TPSA) is 30.5 Å². The predicted octanol–water partition coefficient (Wildman–Crippen LogP) is 4.01. The van der Waals surface area contributed by atoms with Gasteiger partial charge in [-0.1, -0.05) is 23.7 Å². The van der Waals surface area contributed by atoms with Crippen molar-refractivity contribution in [1.82, 2.24) is 0 Å². The van der Waals surface area contributed by atoms with Gasteiger partial charge in [-0.2, -0.15) is 0 Å². The van der Waals surface area contributed by atoms with Crippen LogP contribution in [0, 0.1) is 0 Å². The van der Waals surface area contributed by atoms with Crippen LogP contribution >= 0.6 is 11.6 Å². The quantitative estimate of drug-likeness (QED) is 0.872. The highest BCUT2D eigenvalue weighted by Gasteiger charge is 2.01. The van der Waals surface area contributed by atoms with E-state index in [-0.39, 0.29) is 0 Å². The summed E-state index contributed by atoms with van der Waals surface area (Å²) in [7, 11) is 3.28. The summed E-state index contributed by atoms with van der Waals surface area (Å²) in [5.74, 6) is 1.57. The van der Waals surface area contributed by atoms with Crippen LogP contribution in [0.5, 0.6) is 11.5 Å². The van der Waals surface area contributed by atoms with E-state index in [1.54, 1.807) is 14.2 Å². The molecule has 0 amide bonds. The lowest BCUT2D eigenvalue weighted by atomic mass is 10.1. The van der Waals surface area contributed by atoms with Crippen molar-refractivity contribution in [3.8, 4) is 11.5 Å². The minimum absolute atomic E-state index is 0.613. The second-order valence-corrected chi connectivity index (χ2v) is 4.78. The monoisotopic (exact) mass is 291 g/mol. The Morgan fingerprint density at radius 2 is 1.75 bits per heavy atom. The van der Waals surface area contributed by atoms with Crippen molar-refractivity contribution in [2.24, 2.45) is 0 Å². The molecule has 4 heteroatoms. The minimum atomic E-state index is 0.613. The first kappa shape index (κ1) is 14.5. The van der Waals surface area contributed by atoms with Gasteiger partial charge in [0, 0.05) is 12.2 Å². The Morgan fingerprint density at radius 1 is 1.00 bits per heavy atom.